The van der Waals surface area contributed by atoms with Crippen molar-refractivity contribution in [3.05, 3.63) is 68.5 Å². The first-order chi connectivity index (χ1) is 13.5. The molecule has 1 aliphatic rings. The van der Waals surface area contributed by atoms with Crippen molar-refractivity contribution in [3.63, 3.8) is 0 Å². The Hall–Kier alpha value is -3.56. The Bertz CT molecular complexity index is 881. The Morgan fingerprint density at radius 1 is 1.18 bits per heavy atom. The van der Waals surface area contributed by atoms with Gasteiger partial charge in [0.15, 0.2) is 0 Å². The molecule has 146 valence electrons. The number of nitro benzene ring substituents is 2. The molecule has 0 saturated carbocycles. The summed E-state index contributed by atoms with van der Waals surface area (Å²) < 4.78 is 0. The molecular weight excluding hydrogens is 366 g/mol. The molecule has 1 aliphatic heterocycles. The fourth-order valence-corrected chi connectivity index (χ4v) is 3.26. The number of nitrogens with one attached hydrogen (secondary N) is 1. The first kappa shape index (κ1) is 19.2. The lowest BCUT2D eigenvalue weighted by Gasteiger charge is -2.32. The summed E-state index contributed by atoms with van der Waals surface area (Å²) in [7, 11) is 0. The minimum absolute atomic E-state index is 0.0540. The van der Waals surface area contributed by atoms with Crippen molar-refractivity contribution < 1.29 is 14.6 Å². The predicted molar refractivity (Wildman–Crippen MR) is 101 cm³/mol. The van der Waals surface area contributed by atoms with E-state index in [1.165, 1.54) is 12.1 Å². The molecule has 1 aromatic heterocycles. The minimum atomic E-state index is -0.657. The highest BCUT2D eigenvalue weighted by atomic mass is 16.6. The van der Waals surface area contributed by atoms with Gasteiger partial charge in [-0.15, -0.1) is 0 Å². The van der Waals surface area contributed by atoms with E-state index in [0.717, 1.165) is 11.6 Å². The molecule has 0 unspecified atom stereocenters. The van der Waals surface area contributed by atoms with Crippen LogP contribution in [0.25, 0.3) is 0 Å². The highest BCUT2D eigenvalue weighted by Crippen LogP contribution is 2.34. The van der Waals surface area contributed by atoms with Gasteiger partial charge < -0.3 is 10.2 Å². The van der Waals surface area contributed by atoms with Crippen LogP contribution in [0.3, 0.4) is 0 Å². The third-order valence-corrected chi connectivity index (χ3v) is 4.76. The summed E-state index contributed by atoms with van der Waals surface area (Å²) in [6, 6.07) is 7.32. The monoisotopic (exact) mass is 385 g/mol. The van der Waals surface area contributed by atoms with E-state index in [1.54, 1.807) is 23.4 Å². The van der Waals surface area contributed by atoms with Crippen LogP contribution in [0.15, 0.2) is 42.7 Å². The van der Waals surface area contributed by atoms with Crippen molar-refractivity contribution >= 4 is 23.0 Å². The van der Waals surface area contributed by atoms with Crippen molar-refractivity contribution in [1.29, 1.82) is 0 Å². The van der Waals surface area contributed by atoms with Crippen molar-refractivity contribution in [1.82, 2.24) is 10.3 Å². The van der Waals surface area contributed by atoms with Gasteiger partial charge in [0.1, 0.15) is 5.69 Å². The van der Waals surface area contributed by atoms with Crippen LogP contribution < -0.4 is 10.2 Å². The number of carbonyl (C=O) groups excluding carboxylic acids is 1. The van der Waals surface area contributed by atoms with E-state index < -0.39 is 9.85 Å². The number of benzene rings is 1. The number of aromatic nitrogens is 1. The van der Waals surface area contributed by atoms with Gasteiger partial charge in [-0.1, -0.05) is 6.07 Å². The quantitative estimate of drug-likeness (QED) is 0.596. The summed E-state index contributed by atoms with van der Waals surface area (Å²) in [5.41, 5.74) is 0.633. The molecule has 10 nitrogen and oxygen atoms in total. The third-order valence-electron chi connectivity index (χ3n) is 4.76. The van der Waals surface area contributed by atoms with Crippen molar-refractivity contribution in [2.45, 2.75) is 19.4 Å². The summed E-state index contributed by atoms with van der Waals surface area (Å²) in [4.78, 5) is 39.1. The summed E-state index contributed by atoms with van der Waals surface area (Å²) in [6.07, 6.45) is 4.45. The summed E-state index contributed by atoms with van der Waals surface area (Å²) >= 11 is 0. The number of rotatable bonds is 6. The molecule has 2 heterocycles. The number of non-ortho nitro benzene ring substituents is 1. The number of piperidine rings is 1. The Morgan fingerprint density at radius 3 is 2.54 bits per heavy atom. The van der Waals surface area contributed by atoms with Crippen LogP contribution in [0.2, 0.25) is 0 Å². The SMILES string of the molecule is O=C(NCc1cccnc1)C1CCN(c2ccc([N+](=O)[O-])cc2[N+](=O)[O-])CC1. The van der Waals surface area contributed by atoms with Gasteiger partial charge in [0.25, 0.3) is 11.4 Å². The van der Waals surface area contributed by atoms with Crippen molar-refractivity contribution in [3.8, 4) is 0 Å². The van der Waals surface area contributed by atoms with E-state index in [2.05, 4.69) is 10.3 Å². The molecule has 0 aliphatic carbocycles. The number of pyridine rings is 1. The average Bonchev–Trinajstić information content (AvgIpc) is 2.72. The molecule has 1 aromatic carbocycles. The molecule has 1 saturated heterocycles. The molecule has 1 N–H and O–H groups in total. The van der Waals surface area contributed by atoms with Gasteiger partial charge >= 0.3 is 0 Å². The first-order valence-corrected chi connectivity index (χ1v) is 8.80. The molecule has 28 heavy (non-hydrogen) atoms. The van der Waals surface area contributed by atoms with Crippen LogP contribution in [0.4, 0.5) is 17.1 Å². The number of amides is 1. The molecular formula is C18H19N5O5. The maximum atomic E-state index is 12.4. The fourth-order valence-electron chi connectivity index (χ4n) is 3.26. The van der Waals surface area contributed by atoms with E-state index in [9.17, 15) is 25.0 Å². The predicted octanol–water partition coefficient (Wildman–Crippen LogP) is 2.43. The smallest absolute Gasteiger partial charge is 0.299 e. The number of nitro groups is 2. The lowest BCUT2D eigenvalue weighted by atomic mass is 9.95. The second-order valence-electron chi connectivity index (χ2n) is 6.53. The zero-order chi connectivity index (χ0) is 20.1. The molecule has 0 spiro atoms. The van der Waals surface area contributed by atoms with E-state index in [0.29, 0.717) is 38.2 Å². The Kier molecular flexibility index (Phi) is 5.78. The standard InChI is InChI=1S/C18H19N5O5/c24-18(20-12-13-2-1-7-19-11-13)14-5-8-21(9-6-14)16-4-3-15(22(25)26)10-17(16)23(27)28/h1-4,7,10-11,14H,5-6,8-9,12H2,(H,20,24). The van der Waals surface area contributed by atoms with E-state index >= 15 is 0 Å². The lowest BCUT2D eigenvalue weighted by molar-refractivity contribution is -0.393. The second-order valence-corrected chi connectivity index (χ2v) is 6.53. The highest BCUT2D eigenvalue weighted by molar-refractivity contribution is 5.79. The van der Waals surface area contributed by atoms with Gasteiger partial charge in [-0.3, -0.25) is 30.0 Å². The number of carbonyl (C=O) groups is 1. The molecule has 10 heteroatoms. The summed E-state index contributed by atoms with van der Waals surface area (Å²) in [5, 5.41) is 25.1. The van der Waals surface area contributed by atoms with E-state index in [4.69, 9.17) is 0 Å². The Labute approximate surface area is 160 Å². The van der Waals surface area contributed by atoms with Gasteiger partial charge in [-0.2, -0.15) is 0 Å². The molecule has 3 rings (SSSR count). The zero-order valence-electron chi connectivity index (χ0n) is 15.0. The number of nitrogens with zero attached hydrogens (tertiary/aromatic N) is 4. The van der Waals surface area contributed by atoms with Gasteiger partial charge in [-0.05, 0) is 30.5 Å². The van der Waals surface area contributed by atoms with Gasteiger partial charge in [-0.25, -0.2) is 0 Å². The van der Waals surface area contributed by atoms with Crippen LogP contribution in [-0.2, 0) is 11.3 Å². The topological polar surface area (TPSA) is 132 Å². The summed E-state index contributed by atoms with van der Waals surface area (Å²) in [5.74, 6) is -0.230. The second kappa shape index (κ2) is 8.42. The van der Waals surface area contributed by atoms with Crippen LogP contribution >= 0.6 is 0 Å². The van der Waals surface area contributed by atoms with Crippen molar-refractivity contribution in [2.75, 3.05) is 18.0 Å². The normalized spacial score (nSPS) is 14.5. The maximum absolute atomic E-state index is 12.4. The van der Waals surface area contributed by atoms with Gasteiger partial charge in [0, 0.05) is 44.0 Å². The molecule has 2 aromatic rings. The molecule has 0 radical (unpaired) electrons. The maximum Gasteiger partial charge on any atom is 0.299 e. The van der Waals surface area contributed by atoms with Gasteiger partial charge in [0.2, 0.25) is 5.91 Å². The fraction of sp³-hybridized carbons (Fsp3) is 0.333. The Morgan fingerprint density at radius 2 is 1.93 bits per heavy atom. The molecule has 1 amide bonds. The number of hydrogen-bond donors (Lipinski definition) is 1. The van der Waals surface area contributed by atoms with Gasteiger partial charge in [0.05, 0.1) is 15.9 Å². The van der Waals surface area contributed by atoms with Crippen LogP contribution in [0.1, 0.15) is 18.4 Å². The lowest BCUT2D eigenvalue weighted by Crippen LogP contribution is -2.40. The van der Waals surface area contributed by atoms with Crippen LogP contribution in [-0.4, -0.2) is 33.8 Å². The zero-order valence-corrected chi connectivity index (χ0v) is 15.0. The average molecular weight is 385 g/mol. The van der Waals surface area contributed by atoms with Crippen molar-refractivity contribution in [2.24, 2.45) is 5.92 Å². The van der Waals surface area contributed by atoms with E-state index in [-0.39, 0.29) is 23.2 Å². The van der Waals surface area contributed by atoms with Crippen LogP contribution in [0.5, 0.6) is 0 Å². The first-order valence-electron chi connectivity index (χ1n) is 8.80. The van der Waals surface area contributed by atoms with Crippen LogP contribution in [0, 0.1) is 26.1 Å². The molecule has 0 bridgehead atoms. The summed E-state index contributed by atoms with van der Waals surface area (Å²) in [6.45, 7) is 1.33. The molecule has 0 atom stereocenters. The number of anilines is 1. The number of hydrogen-bond acceptors (Lipinski definition) is 7. The van der Waals surface area contributed by atoms with E-state index in [1.807, 2.05) is 6.07 Å². The molecule has 1 fully saturated rings. The third kappa shape index (κ3) is 4.40. The Balaban J connectivity index is 1.61. The highest BCUT2D eigenvalue weighted by Gasteiger charge is 2.29. The minimum Gasteiger partial charge on any atom is -0.366 e. The largest absolute Gasteiger partial charge is 0.366 e.